The van der Waals surface area contributed by atoms with Gasteiger partial charge >= 0.3 is 0 Å². The van der Waals surface area contributed by atoms with Crippen LogP contribution in [-0.4, -0.2) is 4.98 Å². The molecule has 1 aromatic heterocycles. The molecule has 0 unspecified atom stereocenters. The molecule has 0 bridgehead atoms. The zero-order valence-electron chi connectivity index (χ0n) is 8.47. The number of nitrogens with two attached hydrogens (primary N) is 1. The first-order valence-corrected chi connectivity index (χ1v) is 5.87. The molecule has 5 heteroatoms. The average molecular weight is 304 g/mol. The summed E-state index contributed by atoms with van der Waals surface area (Å²) in [7, 11) is 0. The molecule has 0 aliphatic rings. The lowest BCUT2D eigenvalue weighted by molar-refractivity contribution is 0.625. The van der Waals surface area contributed by atoms with Gasteiger partial charge in [-0.15, -0.1) is 0 Å². The van der Waals surface area contributed by atoms with E-state index >= 15 is 0 Å². The molecule has 84 valence electrons. The van der Waals surface area contributed by atoms with Crippen LogP contribution in [-0.2, 0) is 0 Å². The van der Waals surface area contributed by atoms with Crippen LogP contribution in [0.25, 0.3) is 10.8 Å². The largest absolute Gasteiger partial charge is 0.324 e. The van der Waals surface area contributed by atoms with E-state index < -0.39 is 0 Å². The molecule has 0 saturated carbocycles. The monoisotopic (exact) mass is 302 g/mol. The Morgan fingerprint density at radius 3 is 2.69 bits per heavy atom. The maximum absolute atomic E-state index is 13.4. The first-order chi connectivity index (χ1) is 7.49. The fourth-order valence-corrected chi connectivity index (χ4v) is 2.47. The fraction of sp³-hybridized carbons (Fsp3) is 0.182. The SMILES string of the molecule is C[C@@H](N)c1cc(F)cc2c(Br)nc(Cl)cc12. The Balaban J connectivity index is 2.89. The lowest BCUT2D eigenvalue weighted by atomic mass is 10.0. The van der Waals surface area contributed by atoms with Crippen LogP contribution in [0, 0.1) is 5.82 Å². The van der Waals surface area contributed by atoms with E-state index in [-0.39, 0.29) is 11.9 Å². The summed E-state index contributed by atoms with van der Waals surface area (Å²) in [5.41, 5.74) is 6.53. The highest BCUT2D eigenvalue weighted by Crippen LogP contribution is 2.30. The molecule has 0 amide bonds. The molecule has 0 aliphatic carbocycles. The fourth-order valence-electron chi connectivity index (χ4n) is 1.65. The van der Waals surface area contributed by atoms with Crippen molar-refractivity contribution in [2.24, 2.45) is 5.73 Å². The van der Waals surface area contributed by atoms with Gasteiger partial charge in [-0.3, -0.25) is 0 Å². The van der Waals surface area contributed by atoms with Gasteiger partial charge < -0.3 is 5.73 Å². The highest BCUT2D eigenvalue weighted by molar-refractivity contribution is 9.10. The molecule has 0 aliphatic heterocycles. The smallest absolute Gasteiger partial charge is 0.131 e. The Hall–Kier alpha value is -0.710. The van der Waals surface area contributed by atoms with Crippen molar-refractivity contribution in [3.05, 3.63) is 39.3 Å². The van der Waals surface area contributed by atoms with Crippen molar-refractivity contribution in [3.63, 3.8) is 0 Å². The number of pyridine rings is 1. The van der Waals surface area contributed by atoms with Crippen molar-refractivity contribution in [1.82, 2.24) is 4.98 Å². The summed E-state index contributed by atoms with van der Waals surface area (Å²) in [6.45, 7) is 1.80. The number of nitrogens with zero attached hydrogens (tertiary/aromatic N) is 1. The highest BCUT2D eigenvalue weighted by atomic mass is 79.9. The van der Waals surface area contributed by atoms with Gasteiger partial charge in [0.15, 0.2) is 0 Å². The third-order valence-electron chi connectivity index (χ3n) is 2.36. The molecule has 0 spiro atoms. The van der Waals surface area contributed by atoms with Crippen molar-refractivity contribution < 1.29 is 4.39 Å². The van der Waals surface area contributed by atoms with Crippen molar-refractivity contribution in [3.8, 4) is 0 Å². The predicted octanol–water partition coefficient (Wildman–Crippen LogP) is 3.81. The summed E-state index contributed by atoms with van der Waals surface area (Å²) < 4.78 is 13.9. The van der Waals surface area contributed by atoms with E-state index in [0.717, 1.165) is 10.9 Å². The number of hydrogen-bond donors (Lipinski definition) is 1. The molecule has 1 heterocycles. The Morgan fingerprint density at radius 1 is 1.38 bits per heavy atom. The third-order valence-corrected chi connectivity index (χ3v) is 3.16. The predicted molar refractivity (Wildman–Crippen MR) is 67.0 cm³/mol. The van der Waals surface area contributed by atoms with Crippen molar-refractivity contribution in [2.75, 3.05) is 0 Å². The van der Waals surface area contributed by atoms with Crippen LogP contribution >= 0.6 is 27.5 Å². The van der Waals surface area contributed by atoms with Gasteiger partial charge in [-0.1, -0.05) is 11.6 Å². The second-order valence-electron chi connectivity index (χ2n) is 3.61. The van der Waals surface area contributed by atoms with Crippen LogP contribution in [0.4, 0.5) is 4.39 Å². The summed E-state index contributed by atoms with van der Waals surface area (Å²) in [4.78, 5) is 4.02. The van der Waals surface area contributed by atoms with E-state index in [4.69, 9.17) is 17.3 Å². The van der Waals surface area contributed by atoms with E-state index in [1.165, 1.54) is 12.1 Å². The van der Waals surface area contributed by atoms with Crippen LogP contribution < -0.4 is 5.73 Å². The van der Waals surface area contributed by atoms with E-state index in [1.807, 2.05) is 0 Å². The second-order valence-corrected chi connectivity index (χ2v) is 4.75. The lowest BCUT2D eigenvalue weighted by Crippen LogP contribution is -2.06. The minimum atomic E-state index is -0.329. The maximum Gasteiger partial charge on any atom is 0.131 e. The van der Waals surface area contributed by atoms with Gasteiger partial charge in [0.05, 0.1) is 0 Å². The topological polar surface area (TPSA) is 38.9 Å². The average Bonchev–Trinajstić information content (AvgIpc) is 2.18. The van der Waals surface area contributed by atoms with Gasteiger partial charge in [0, 0.05) is 11.4 Å². The molecule has 0 saturated heterocycles. The zero-order valence-corrected chi connectivity index (χ0v) is 10.8. The molecule has 2 N–H and O–H groups in total. The minimum Gasteiger partial charge on any atom is -0.324 e. The van der Waals surface area contributed by atoms with Gasteiger partial charge in [0.2, 0.25) is 0 Å². The first kappa shape index (κ1) is 11.8. The maximum atomic E-state index is 13.4. The van der Waals surface area contributed by atoms with Crippen LogP contribution in [0.5, 0.6) is 0 Å². The number of aromatic nitrogens is 1. The summed E-state index contributed by atoms with van der Waals surface area (Å²) >= 11 is 9.13. The van der Waals surface area contributed by atoms with Gasteiger partial charge in [-0.2, -0.15) is 0 Å². The minimum absolute atomic E-state index is 0.261. The van der Waals surface area contributed by atoms with Crippen LogP contribution in [0.3, 0.4) is 0 Å². The first-order valence-electron chi connectivity index (χ1n) is 4.70. The third kappa shape index (κ3) is 2.05. The zero-order chi connectivity index (χ0) is 11.9. The molecule has 2 nitrogen and oxygen atoms in total. The van der Waals surface area contributed by atoms with E-state index in [2.05, 4.69) is 20.9 Å². The van der Waals surface area contributed by atoms with Crippen LogP contribution in [0.2, 0.25) is 5.15 Å². The van der Waals surface area contributed by atoms with Gasteiger partial charge in [-0.05, 0) is 52.0 Å². The van der Waals surface area contributed by atoms with Gasteiger partial charge in [-0.25, -0.2) is 9.37 Å². The summed E-state index contributed by atoms with van der Waals surface area (Å²) in [6, 6.07) is 4.27. The molecule has 0 radical (unpaired) electrons. The normalized spacial score (nSPS) is 13.1. The second kappa shape index (κ2) is 4.28. The van der Waals surface area contributed by atoms with Gasteiger partial charge in [0.1, 0.15) is 15.6 Å². The standard InChI is InChI=1S/C11H9BrClFN2/c1-5(15)7-2-6(14)3-9-8(7)4-10(13)16-11(9)12/h2-5H,15H2,1H3/t5-/m1/s1. The number of benzene rings is 1. The molecular weight excluding hydrogens is 294 g/mol. The number of fused-ring (bicyclic) bond motifs is 1. The van der Waals surface area contributed by atoms with Crippen molar-refractivity contribution >= 4 is 38.3 Å². The Kier molecular flexibility index (Phi) is 3.15. The van der Waals surface area contributed by atoms with Crippen LogP contribution in [0.1, 0.15) is 18.5 Å². The molecular formula is C11H9BrClFN2. The van der Waals surface area contributed by atoms with Crippen molar-refractivity contribution in [1.29, 1.82) is 0 Å². The van der Waals surface area contributed by atoms with Crippen molar-refractivity contribution in [2.45, 2.75) is 13.0 Å². The molecule has 16 heavy (non-hydrogen) atoms. The Labute approximate surface area is 106 Å². The molecule has 2 aromatic rings. The lowest BCUT2D eigenvalue weighted by Gasteiger charge is -2.11. The summed E-state index contributed by atoms with van der Waals surface area (Å²) in [6.07, 6.45) is 0. The quantitative estimate of drug-likeness (QED) is 0.814. The summed E-state index contributed by atoms with van der Waals surface area (Å²) in [5, 5.41) is 1.85. The number of rotatable bonds is 1. The number of halogens is 3. The Morgan fingerprint density at radius 2 is 2.06 bits per heavy atom. The van der Waals surface area contributed by atoms with Gasteiger partial charge in [0.25, 0.3) is 0 Å². The van der Waals surface area contributed by atoms with E-state index in [0.29, 0.717) is 15.1 Å². The molecule has 1 atom stereocenters. The van der Waals surface area contributed by atoms with Crippen LogP contribution in [0.15, 0.2) is 22.8 Å². The molecule has 0 fully saturated rings. The summed E-state index contributed by atoms with van der Waals surface area (Å²) in [5.74, 6) is -0.329. The molecule has 2 rings (SSSR count). The number of hydrogen-bond acceptors (Lipinski definition) is 2. The van der Waals surface area contributed by atoms with E-state index in [9.17, 15) is 4.39 Å². The van der Waals surface area contributed by atoms with E-state index in [1.54, 1.807) is 13.0 Å². The Bertz CT molecular complexity index is 557. The highest BCUT2D eigenvalue weighted by Gasteiger charge is 2.11. The molecule has 1 aromatic carbocycles.